The minimum atomic E-state index is -0.560. The summed E-state index contributed by atoms with van der Waals surface area (Å²) in [5.41, 5.74) is 0.658. The molecule has 0 aliphatic heterocycles. The number of hydrogen-bond donors (Lipinski definition) is 3. The highest BCUT2D eigenvalue weighted by atomic mass is 32.2. The standard InChI is InChI=1S/C20H23N5O3S2/c1-3-4-10-15-24-25-20(30-15)21-16(26)12(2)29-19-22-17(27)14(18(28)23-19)11-13-8-6-5-7-9-13/h5-9,12H,3-4,10-11H2,1-2H3,(H,21,25,26)(H2,22,23,27,28)/t12-/m0/s1. The van der Waals surface area contributed by atoms with Crippen molar-refractivity contribution in [2.75, 3.05) is 5.32 Å². The summed E-state index contributed by atoms with van der Waals surface area (Å²) in [6.45, 7) is 3.79. The lowest BCUT2D eigenvalue weighted by molar-refractivity contribution is -0.115. The first-order valence-corrected chi connectivity index (χ1v) is 11.3. The van der Waals surface area contributed by atoms with Crippen LogP contribution < -0.4 is 10.9 Å². The van der Waals surface area contributed by atoms with Crippen LogP contribution in [0, 0.1) is 0 Å². The van der Waals surface area contributed by atoms with Gasteiger partial charge in [-0.25, -0.2) is 0 Å². The third-order valence-corrected chi connectivity index (χ3v) is 6.18. The van der Waals surface area contributed by atoms with Crippen molar-refractivity contribution in [1.29, 1.82) is 0 Å². The molecule has 0 fully saturated rings. The number of rotatable bonds is 9. The number of carbonyl (C=O) groups excluding carboxylic acids is 1. The van der Waals surface area contributed by atoms with Crippen LogP contribution in [0.1, 0.15) is 42.8 Å². The van der Waals surface area contributed by atoms with Crippen LogP contribution in [-0.4, -0.2) is 36.4 Å². The first kappa shape index (κ1) is 22.0. The van der Waals surface area contributed by atoms with Gasteiger partial charge in [0, 0.05) is 12.8 Å². The molecule has 10 heteroatoms. The fraction of sp³-hybridized carbons (Fsp3) is 0.350. The molecule has 158 valence electrons. The van der Waals surface area contributed by atoms with Crippen LogP contribution in [0.5, 0.6) is 5.88 Å². The summed E-state index contributed by atoms with van der Waals surface area (Å²) in [6.07, 6.45) is 3.20. The number of aromatic amines is 1. The minimum Gasteiger partial charge on any atom is -0.493 e. The SMILES string of the molecule is CCCCc1nnc(NC(=O)[C@H](C)Sc2nc(O)c(Cc3ccccc3)c(=O)[nH]2)s1. The van der Waals surface area contributed by atoms with E-state index in [1.807, 2.05) is 30.3 Å². The number of nitrogens with one attached hydrogen (secondary N) is 2. The summed E-state index contributed by atoms with van der Waals surface area (Å²) in [4.78, 5) is 31.6. The van der Waals surface area contributed by atoms with Gasteiger partial charge < -0.3 is 10.1 Å². The average molecular weight is 446 g/mol. The Hall–Kier alpha value is -2.72. The molecule has 1 atom stereocenters. The summed E-state index contributed by atoms with van der Waals surface area (Å²) >= 11 is 2.41. The van der Waals surface area contributed by atoms with E-state index in [9.17, 15) is 14.7 Å². The van der Waals surface area contributed by atoms with E-state index in [-0.39, 0.29) is 28.9 Å². The number of benzene rings is 1. The highest BCUT2D eigenvalue weighted by molar-refractivity contribution is 8.00. The molecule has 0 aliphatic carbocycles. The lowest BCUT2D eigenvalue weighted by Crippen LogP contribution is -2.23. The average Bonchev–Trinajstić information content (AvgIpc) is 3.17. The van der Waals surface area contributed by atoms with Crippen LogP contribution in [0.25, 0.3) is 0 Å². The molecule has 8 nitrogen and oxygen atoms in total. The Balaban J connectivity index is 1.63. The second-order valence-electron chi connectivity index (χ2n) is 6.69. The number of amides is 1. The van der Waals surface area contributed by atoms with Gasteiger partial charge >= 0.3 is 0 Å². The molecular formula is C20H23N5O3S2. The van der Waals surface area contributed by atoms with E-state index >= 15 is 0 Å². The summed E-state index contributed by atoms with van der Waals surface area (Å²) in [6, 6.07) is 9.35. The topological polar surface area (TPSA) is 121 Å². The molecule has 0 bridgehead atoms. The first-order valence-electron chi connectivity index (χ1n) is 9.62. The number of thioether (sulfide) groups is 1. The Morgan fingerprint density at radius 3 is 2.77 bits per heavy atom. The van der Waals surface area contributed by atoms with Crippen molar-refractivity contribution in [3.05, 3.63) is 56.8 Å². The maximum Gasteiger partial charge on any atom is 0.258 e. The van der Waals surface area contributed by atoms with Gasteiger partial charge in [0.15, 0.2) is 5.16 Å². The molecule has 0 aliphatic rings. The third kappa shape index (κ3) is 5.90. The maximum atomic E-state index is 12.4. The van der Waals surface area contributed by atoms with Crippen molar-refractivity contribution in [3.63, 3.8) is 0 Å². The van der Waals surface area contributed by atoms with Crippen LogP contribution in [0.4, 0.5) is 5.13 Å². The van der Waals surface area contributed by atoms with E-state index in [4.69, 9.17) is 0 Å². The molecular weight excluding hydrogens is 422 g/mol. The molecule has 0 spiro atoms. The number of aryl methyl sites for hydroxylation is 1. The number of unbranched alkanes of at least 4 members (excludes halogenated alkanes) is 1. The van der Waals surface area contributed by atoms with Crippen molar-refractivity contribution >= 4 is 34.1 Å². The van der Waals surface area contributed by atoms with Gasteiger partial charge in [-0.05, 0) is 18.9 Å². The molecule has 0 radical (unpaired) electrons. The van der Waals surface area contributed by atoms with Crippen molar-refractivity contribution in [3.8, 4) is 5.88 Å². The van der Waals surface area contributed by atoms with Gasteiger partial charge in [-0.3, -0.25) is 14.9 Å². The highest BCUT2D eigenvalue weighted by Crippen LogP contribution is 2.24. The van der Waals surface area contributed by atoms with Crippen molar-refractivity contribution in [1.82, 2.24) is 20.2 Å². The first-order chi connectivity index (χ1) is 14.5. The van der Waals surface area contributed by atoms with Gasteiger partial charge in [-0.15, -0.1) is 10.2 Å². The monoisotopic (exact) mass is 445 g/mol. The van der Waals surface area contributed by atoms with E-state index in [2.05, 4.69) is 32.4 Å². The van der Waals surface area contributed by atoms with E-state index < -0.39 is 10.8 Å². The van der Waals surface area contributed by atoms with Gasteiger partial charge in [-0.2, -0.15) is 4.98 Å². The molecule has 0 unspecified atom stereocenters. The van der Waals surface area contributed by atoms with E-state index in [0.717, 1.165) is 41.6 Å². The van der Waals surface area contributed by atoms with Crippen LogP contribution in [0.15, 0.2) is 40.3 Å². The van der Waals surface area contributed by atoms with Gasteiger partial charge in [-0.1, -0.05) is 66.8 Å². The zero-order valence-electron chi connectivity index (χ0n) is 16.7. The van der Waals surface area contributed by atoms with E-state index in [1.165, 1.54) is 11.3 Å². The summed E-state index contributed by atoms with van der Waals surface area (Å²) < 4.78 is 0. The van der Waals surface area contributed by atoms with Gasteiger partial charge in [0.2, 0.25) is 16.9 Å². The number of aromatic hydroxyl groups is 1. The zero-order chi connectivity index (χ0) is 21.5. The number of carbonyl (C=O) groups is 1. The Morgan fingerprint density at radius 1 is 1.30 bits per heavy atom. The largest absolute Gasteiger partial charge is 0.493 e. The van der Waals surface area contributed by atoms with Crippen LogP contribution in [0.3, 0.4) is 0 Å². The van der Waals surface area contributed by atoms with Crippen LogP contribution in [0.2, 0.25) is 0 Å². The van der Waals surface area contributed by atoms with Gasteiger partial charge in [0.05, 0.1) is 10.8 Å². The number of H-pyrrole nitrogens is 1. The van der Waals surface area contributed by atoms with E-state index in [1.54, 1.807) is 6.92 Å². The molecule has 3 rings (SSSR count). The molecule has 2 aromatic heterocycles. The van der Waals surface area contributed by atoms with Gasteiger partial charge in [0.1, 0.15) is 5.01 Å². The normalized spacial score (nSPS) is 11.9. The van der Waals surface area contributed by atoms with Gasteiger partial charge in [0.25, 0.3) is 5.56 Å². The van der Waals surface area contributed by atoms with Crippen molar-refractivity contribution in [2.24, 2.45) is 0 Å². The summed E-state index contributed by atoms with van der Waals surface area (Å²) in [7, 11) is 0. The quantitative estimate of drug-likeness (QED) is 0.341. The molecule has 2 heterocycles. The zero-order valence-corrected chi connectivity index (χ0v) is 18.3. The van der Waals surface area contributed by atoms with Crippen LogP contribution in [-0.2, 0) is 17.6 Å². The lowest BCUT2D eigenvalue weighted by Gasteiger charge is -2.10. The fourth-order valence-corrected chi connectivity index (χ4v) is 4.22. The fourth-order valence-electron chi connectivity index (χ4n) is 2.64. The Kier molecular flexibility index (Phi) is 7.58. The predicted molar refractivity (Wildman–Crippen MR) is 118 cm³/mol. The van der Waals surface area contributed by atoms with Crippen LogP contribution >= 0.6 is 23.1 Å². The van der Waals surface area contributed by atoms with Crippen molar-refractivity contribution < 1.29 is 9.90 Å². The summed E-state index contributed by atoms with van der Waals surface area (Å²) in [5.74, 6) is -0.615. The highest BCUT2D eigenvalue weighted by Gasteiger charge is 2.19. The number of anilines is 1. The number of aromatic nitrogens is 4. The molecule has 30 heavy (non-hydrogen) atoms. The number of hydrogen-bond acceptors (Lipinski definition) is 8. The van der Waals surface area contributed by atoms with E-state index in [0.29, 0.717) is 5.13 Å². The summed E-state index contributed by atoms with van der Waals surface area (Å²) in [5, 5.41) is 22.0. The third-order valence-electron chi connectivity index (χ3n) is 4.29. The molecule has 1 amide bonds. The molecule has 3 aromatic rings. The molecule has 3 N–H and O–H groups in total. The Labute approximate surface area is 182 Å². The second kappa shape index (κ2) is 10.4. The molecule has 0 saturated heterocycles. The van der Waals surface area contributed by atoms with Crippen molar-refractivity contribution in [2.45, 2.75) is 49.9 Å². The molecule has 1 aromatic carbocycles. The minimum absolute atomic E-state index is 0.179. The second-order valence-corrected chi connectivity index (χ2v) is 9.08. The Morgan fingerprint density at radius 2 is 2.07 bits per heavy atom. The lowest BCUT2D eigenvalue weighted by atomic mass is 10.1. The molecule has 0 saturated carbocycles. The number of nitrogens with zero attached hydrogens (tertiary/aromatic N) is 3. The predicted octanol–water partition coefficient (Wildman–Crippen LogP) is 3.38. The smallest absolute Gasteiger partial charge is 0.258 e. The maximum absolute atomic E-state index is 12.4. The Bertz CT molecular complexity index is 1050.